The van der Waals surface area contributed by atoms with Crippen molar-refractivity contribution in [3.05, 3.63) is 174 Å². The zero-order valence-corrected chi connectivity index (χ0v) is 38.0. The van der Waals surface area contributed by atoms with Crippen molar-refractivity contribution < 1.29 is 28.3 Å². The fourth-order valence-corrected chi connectivity index (χ4v) is 8.76. The van der Waals surface area contributed by atoms with Gasteiger partial charge in [-0.3, -0.25) is 4.98 Å². The molecule has 9 rings (SSSR count). The molecule has 299 valence electrons. The van der Waals surface area contributed by atoms with Crippen LogP contribution in [0.4, 0.5) is 0 Å². The van der Waals surface area contributed by atoms with Gasteiger partial charge < -0.3 is 14.1 Å². The summed E-state index contributed by atoms with van der Waals surface area (Å²) in [4.78, 5) is 9.67. The Labute approximate surface area is 372 Å². The molecular weight excluding hydrogens is 913 g/mol. The summed E-state index contributed by atoms with van der Waals surface area (Å²) in [6.07, 6.45) is 1.92. The molecule has 0 atom stereocenters. The van der Waals surface area contributed by atoms with Gasteiger partial charge in [-0.1, -0.05) is 138 Å². The molecule has 0 bridgehead atoms. The van der Waals surface area contributed by atoms with E-state index in [1.165, 1.54) is 28.1 Å². The number of aromatic nitrogens is 4. The smallest absolute Gasteiger partial charge is 0.0795 e. The van der Waals surface area contributed by atoms with Crippen LogP contribution in [0.2, 0.25) is 19.6 Å². The SMILES string of the molecule is [2H]C([2H])([2H])c1c[c-]c(-c2ccc([Si](C)(C)C)cn2)cc1.[2H]C([2H])([2H])c1ccc2c(c1)c1cc(-c3nc4ccccc4n3-c3c(C(C)C)cccc3C(C)C)[c-]cc1n2-c1ccccc1.[Ir]. The Hall–Kier alpha value is -5.39. The standard InChI is InChI=1S/C38H34N3.C15H18NSi.Ir/c1-24(2)29-14-11-15-30(25(3)4)37(29)41-36-17-10-9-16-33(36)39-38(41)27-19-21-35-32(23-27)31-22-26(5)18-20-34(31)40(35)28-12-7-6-8-13-28;1-12-5-7-13(8-6-12)15-10-9-14(11-16-15)17(2,3)4;/h6-18,20-25H,1-5H3;5-7,9-11H,1-4H3;/q2*-1;/i5D3;1D3;. The van der Waals surface area contributed by atoms with Crippen molar-refractivity contribution in [1.29, 1.82) is 0 Å². The van der Waals surface area contributed by atoms with Crippen molar-refractivity contribution in [2.45, 2.75) is 72.9 Å². The predicted molar refractivity (Wildman–Crippen MR) is 249 cm³/mol. The van der Waals surface area contributed by atoms with Crippen LogP contribution in [-0.4, -0.2) is 27.2 Å². The number of nitrogens with zero attached hydrogens (tertiary/aromatic N) is 4. The van der Waals surface area contributed by atoms with E-state index in [1.54, 1.807) is 18.2 Å². The van der Waals surface area contributed by atoms with Crippen molar-refractivity contribution in [2.24, 2.45) is 0 Å². The minimum atomic E-state index is -2.21. The first-order valence-corrected chi connectivity index (χ1v) is 23.5. The molecule has 0 saturated carbocycles. The van der Waals surface area contributed by atoms with Crippen molar-refractivity contribution in [2.75, 3.05) is 0 Å². The average Bonchev–Trinajstić information content (AvgIpc) is 3.81. The van der Waals surface area contributed by atoms with Crippen molar-refractivity contribution in [3.63, 3.8) is 0 Å². The first kappa shape index (κ1) is 34.5. The predicted octanol–water partition coefficient (Wildman–Crippen LogP) is 13.5. The van der Waals surface area contributed by atoms with E-state index in [0.29, 0.717) is 23.0 Å². The van der Waals surface area contributed by atoms with Gasteiger partial charge in [0.1, 0.15) is 0 Å². The molecule has 4 nitrogen and oxygen atoms in total. The van der Waals surface area contributed by atoms with Crippen LogP contribution >= 0.6 is 0 Å². The maximum absolute atomic E-state index is 8.11. The summed E-state index contributed by atoms with van der Waals surface area (Å²) in [5.41, 5.74) is 11.7. The Morgan fingerprint density at radius 3 is 1.93 bits per heavy atom. The molecule has 9 aromatic rings. The zero-order chi connectivity index (χ0) is 45.7. The Bertz CT molecular complexity index is 3030. The summed E-state index contributed by atoms with van der Waals surface area (Å²) in [5.74, 6) is 1.44. The number of hydrogen-bond acceptors (Lipinski definition) is 2. The minimum Gasteiger partial charge on any atom is -0.351 e. The summed E-state index contributed by atoms with van der Waals surface area (Å²) in [6, 6.07) is 50.3. The number of rotatable bonds is 7. The number of para-hydroxylation sites is 4. The molecule has 0 saturated heterocycles. The van der Waals surface area contributed by atoms with Gasteiger partial charge in [0.25, 0.3) is 0 Å². The van der Waals surface area contributed by atoms with E-state index in [4.69, 9.17) is 13.2 Å². The molecule has 6 aromatic carbocycles. The van der Waals surface area contributed by atoms with E-state index in [9.17, 15) is 0 Å². The minimum absolute atomic E-state index is 0. The second-order valence-corrected chi connectivity index (χ2v) is 21.7. The Kier molecular flexibility index (Phi) is 9.97. The summed E-state index contributed by atoms with van der Waals surface area (Å²) in [5, 5.41) is 3.16. The third kappa shape index (κ3) is 8.27. The second-order valence-electron chi connectivity index (χ2n) is 16.6. The molecule has 6 heteroatoms. The molecule has 0 amide bonds. The van der Waals surface area contributed by atoms with Gasteiger partial charge in [-0.15, -0.1) is 59.2 Å². The van der Waals surface area contributed by atoms with Crippen LogP contribution in [0.15, 0.2) is 140 Å². The van der Waals surface area contributed by atoms with E-state index in [1.807, 2.05) is 54.7 Å². The van der Waals surface area contributed by atoms with E-state index < -0.39 is 21.8 Å². The van der Waals surface area contributed by atoms with E-state index in [-0.39, 0.29) is 20.1 Å². The molecule has 0 N–H and O–H groups in total. The summed E-state index contributed by atoms with van der Waals surface area (Å²) in [7, 11) is -1.34. The number of imidazole rings is 1. The van der Waals surface area contributed by atoms with Gasteiger partial charge in [0.2, 0.25) is 0 Å². The first-order chi connectivity index (χ1) is 30.3. The normalized spacial score (nSPS) is 13.6. The molecule has 3 heterocycles. The molecule has 59 heavy (non-hydrogen) atoms. The van der Waals surface area contributed by atoms with Crippen LogP contribution in [0.5, 0.6) is 0 Å². The topological polar surface area (TPSA) is 35.6 Å². The van der Waals surface area contributed by atoms with E-state index in [2.05, 4.69) is 134 Å². The summed E-state index contributed by atoms with van der Waals surface area (Å²) < 4.78 is 50.8. The molecule has 0 spiro atoms. The van der Waals surface area contributed by atoms with Crippen LogP contribution < -0.4 is 5.19 Å². The van der Waals surface area contributed by atoms with Crippen LogP contribution in [0.1, 0.15) is 70.0 Å². The molecule has 0 fully saturated rings. The molecule has 0 aliphatic rings. The zero-order valence-electron chi connectivity index (χ0n) is 40.6. The number of aryl methyl sites for hydroxylation is 2. The molecule has 0 aliphatic carbocycles. The van der Waals surface area contributed by atoms with Crippen molar-refractivity contribution in [3.8, 4) is 34.0 Å². The second kappa shape index (κ2) is 17.1. The Morgan fingerprint density at radius 2 is 1.29 bits per heavy atom. The van der Waals surface area contributed by atoms with Crippen LogP contribution in [0, 0.1) is 25.8 Å². The van der Waals surface area contributed by atoms with Crippen LogP contribution in [0.3, 0.4) is 0 Å². The van der Waals surface area contributed by atoms with Gasteiger partial charge in [0.05, 0.1) is 24.9 Å². The Morgan fingerprint density at radius 1 is 0.610 bits per heavy atom. The monoisotopic (exact) mass is 971 g/mol. The van der Waals surface area contributed by atoms with Crippen LogP contribution in [-0.2, 0) is 20.1 Å². The molecule has 0 unspecified atom stereocenters. The van der Waals surface area contributed by atoms with Gasteiger partial charge >= 0.3 is 0 Å². The molecule has 1 radical (unpaired) electrons. The van der Waals surface area contributed by atoms with Gasteiger partial charge in [0, 0.05) is 51.4 Å². The molecular formula is C53H52IrN4Si-2. The Balaban J connectivity index is 0.000000253. The molecule has 0 aliphatic heterocycles. The number of pyridine rings is 1. The van der Waals surface area contributed by atoms with Crippen LogP contribution in [0.25, 0.3) is 66.9 Å². The fraction of sp³-hybridized carbons (Fsp3) is 0.208. The van der Waals surface area contributed by atoms with Crippen molar-refractivity contribution >= 4 is 46.1 Å². The van der Waals surface area contributed by atoms with Crippen molar-refractivity contribution in [1.82, 2.24) is 19.1 Å². The maximum Gasteiger partial charge on any atom is 0.0795 e. The van der Waals surface area contributed by atoms with Gasteiger partial charge in [0.15, 0.2) is 0 Å². The summed E-state index contributed by atoms with van der Waals surface area (Å²) >= 11 is 0. The largest absolute Gasteiger partial charge is 0.351 e. The van der Waals surface area contributed by atoms with E-state index >= 15 is 0 Å². The quantitative estimate of drug-likeness (QED) is 0.118. The van der Waals surface area contributed by atoms with Gasteiger partial charge in [-0.2, -0.15) is 0 Å². The van der Waals surface area contributed by atoms with Gasteiger partial charge in [-0.05, 0) is 81.9 Å². The average molecular weight is 971 g/mol. The fourth-order valence-electron chi connectivity index (χ4n) is 7.73. The number of fused-ring (bicyclic) bond motifs is 4. The van der Waals surface area contributed by atoms with Gasteiger partial charge in [-0.25, -0.2) is 0 Å². The number of hydrogen-bond donors (Lipinski definition) is 0. The maximum atomic E-state index is 8.11. The third-order valence-electron chi connectivity index (χ3n) is 10.8. The third-order valence-corrected chi connectivity index (χ3v) is 12.8. The van der Waals surface area contributed by atoms with E-state index in [0.717, 1.165) is 61.2 Å². The number of benzene rings is 6. The summed E-state index contributed by atoms with van der Waals surface area (Å²) in [6.45, 7) is 11.5. The first-order valence-electron chi connectivity index (χ1n) is 23.0. The molecule has 3 aromatic heterocycles.